The molecule has 5 heteroatoms. The maximum atomic E-state index is 2.72. The SMILES string of the molecule is CN1CCN(CCN2CCC3(CCN(I)CC3)CC2)CC1. The molecule has 1 spiro atoms. The molecule has 0 aliphatic carbocycles. The molecular formula is C16H31IN4. The van der Waals surface area contributed by atoms with Crippen molar-refractivity contribution in [2.24, 2.45) is 5.41 Å². The maximum absolute atomic E-state index is 2.72. The van der Waals surface area contributed by atoms with Crippen LogP contribution in [0.25, 0.3) is 0 Å². The average Bonchev–Trinajstić information content (AvgIpc) is 2.52. The van der Waals surface area contributed by atoms with E-state index in [0.717, 1.165) is 0 Å². The van der Waals surface area contributed by atoms with E-state index in [1.807, 2.05) is 0 Å². The zero-order valence-electron chi connectivity index (χ0n) is 13.6. The third-order valence-electron chi connectivity index (χ3n) is 6.01. The third kappa shape index (κ3) is 4.53. The second kappa shape index (κ2) is 7.43. The van der Waals surface area contributed by atoms with Gasteiger partial charge in [-0.15, -0.1) is 0 Å². The summed E-state index contributed by atoms with van der Waals surface area (Å²) < 4.78 is 2.47. The van der Waals surface area contributed by atoms with Crippen molar-refractivity contribution in [1.29, 1.82) is 0 Å². The predicted molar refractivity (Wildman–Crippen MR) is 96.9 cm³/mol. The van der Waals surface area contributed by atoms with Gasteiger partial charge in [-0.2, -0.15) is 0 Å². The summed E-state index contributed by atoms with van der Waals surface area (Å²) in [7, 11) is 2.24. The molecule has 0 N–H and O–H groups in total. The number of likely N-dealkylation sites (N-methyl/N-ethyl adjacent to an activating group) is 1. The van der Waals surface area contributed by atoms with Crippen molar-refractivity contribution in [3.05, 3.63) is 0 Å². The molecule has 0 aromatic rings. The van der Waals surface area contributed by atoms with Gasteiger partial charge in [0.2, 0.25) is 0 Å². The molecule has 0 aromatic heterocycles. The van der Waals surface area contributed by atoms with Crippen molar-refractivity contribution in [3.63, 3.8) is 0 Å². The lowest BCUT2D eigenvalue weighted by Gasteiger charge is -2.46. The van der Waals surface area contributed by atoms with E-state index in [9.17, 15) is 0 Å². The van der Waals surface area contributed by atoms with Crippen LogP contribution in [0.4, 0.5) is 0 Å². The van der Waals surface area contributed by atoms with Gasteiger partial charge in [-0.1, -0.05) is 0 Å². The molecule has 0 radical (unpaired) electrons. The average molecular weight is 406 g/mol. The van der Waals surface area contributed by atoms with Crippen LogP contribution < -0.4 is 0 Å². The molecule has 0 amide bonds. The van der Waals surface area contributed by atoms with E-state index < -0.39 is 0 Å². The van der Waals surface area contributed by atoms with Gasteiger partial charge in [-0.05, 0) is 51.2 Å². The van der Waals surface area contributed by atoms with Crippen LogP contribution in [-0.2, 0) is 0 Å². The van der Waals surface area contributed by atoms with E-state index in [-0.39, 0.29) is 0 Å². The summed E-state index contributed by atoms with van der Waals surface area (Å²) in [5.74, 6) is 0. The highest BCUT2D eigenvalue weighted by Gasteiger charge is 2.36. The number of piperazine rings is 1. The Morgan fingerprint density at radius 1 is 0.714 bits per heavy atom. The number of rotatable bonds is 3. The van der Waals surface area contributed by atoms with E-state index in [1.54, 1.807) is 0 Å². The fourth-order valence-corrected chi connectivity index (χ4v) is 4.54. The number of nitrogens with zero attached hydrogens (tertiary/aromatic N) is 4. The lowest BCUT2D eigenvalue weighted by atomic mass is 9.71. The maximum Gasteiger partial charge on any atom is 0.0201 e. The van der Waals surface area contributed by atoms with Crippen LogP contribution in [0, 0.1) is 5.41 Å². The van der Waals surface area contributed by atoms with Gasteiger partial charge in [0.05, 0.1) is 0 Å². The molecule has 0 bridgehead atoms. The second-order valence-corrected chi connectivity index (χ2v) is 8.76. The number of halogens is 1. The molecule has 21 heavy (non-hydrogen) atoms. The molecule has 3 saturated heterocycles. The molecule has 0 unspecified atom stereocenters. The molecule has 3 heterocycles. The van der Waals surface area contributed by atoms with E-state index >= 15 is 0 Å². The first-order chi connectivity index (χ1) is 10.2. The molecule has 0 saturated carbocycles. The fourth-order valence-electron chi connectivity index (χ4n) is 4.06. The highest BCUT2D eigenvalue weighted by molar-refractivity contribution is 14.1. The van der Waals surface area contributed by atoms with Crippen LogP contribution in [0.15, 0.2) is 0 Å². The van der Waals surface area contributed by atoms with E-state index in [0.29, 0.717) is 5.41 Å². The lowest BCUT2D eigenvalue weighted by molar-refractivity contribution is 0.0528. The Morgan fingerprint density at radius 3 is 1.76 bits per heavy atom. The highest BCUT2D eigenvalue weighted by atomic mass is 127. The summed E-state index contributed by atoms with van der Waals surface area (Å²) in [6, 6.07) is 0. The topological polar surface area (TPSA) is 13.0 Å². The normalized spacial score (nSPS) is 30.0. The van der Waals surface area contributed by atoms with Crippen molar-refractivity contribution in [3.8, 4) is 0 Å². The number of hydrogen-bond donors (Lipinski definition) is 0. The summed E-state index contributed by atoms with van der Waals surface area (Å²) in [6.07, 6.45) is 5.75. The van der Waals surface area contributed by atoms with E-state index in [1.165, 1.54) is 91.1 Å². The van der Waals surface area contributed by atoms with Crippen LogP contribution in [0.2, 0.25) is 0 Å². The van der Waals surface area contributed by atoms with Crippen molar-refractivity contribution < 1.29 is 0 Å². The summed E-state index contributed by atoms with van der Waals surface area (Å²) in [5.41, 5.74) is 0.700. The van der Waals surface area contributed by atoms with Gasteiger partial charge < -0.3 is 9.80 Å². The number of likely N-dealkylation sites (tertiary alicyclic amines) is 1. The van der Waals surface area contributed by atoms with Gasteiger partial charge >= 0.3 is 0 Å². The van der Waals surface area contributed by atoms with Crippen LogP contribution in [-0.4, -0.2) is 90.3 Å². The number of piperidine rings is 2. The molecule has 0 atom stereocenters. The van der Waals surface area contributed by atoms with Gasteiger partial charge in [0, 0.05) is 75.2 Å². The van der Waals surface area contributed by atoms with Crippen LogP contribution in [0.1, 0.15) is 25.7 Å². The lowest BCUT2D eigenvalue weighted by Crippen LogP contribution is -2.49. The zero-order valence-corrected chi connectivity index (χ0v) is 15.7. The molecule has 4 nitrogen and oxygen atoms in total. The Bertz CT molecular complexity index is 309. The van der Waals surface area contributed by atoms with Gasteiger partial charge in [-0.3, -0.25) is 4.90 Å². The molecule has 0 aromatic carbocycles. The van der Waals surface area contributed by atoms with Crippen LogP contribution >= 0.6 is 22.9 Å². The Morgan fingerprint density at radius 2 is 1.19 bits per heavy atom. The molecule has 3 aliphatic heterocycles. The van der Waals surface area contributed by atoms with Crippen molar-refractivity contribution in [1.82, 2.24) is 17.8 Å². The largest absolute Gasteiger partial charge is 0.304 e. The summed E-state index contributed by atoms with van der Waals surface area (Å²) in [6.45, 7) is 12.9. The highest BCUT2D eigenvalue weighted by Crippen LogP contribution is 2.41. The van der Waals surface area contributed by atoms with Gasteiger partial charge in [0.25, 0.3) is 0 Å². The monoisotopic (exact) mass is 406 g/mol. The fraction of sp³-hybridized carbons (Fsp3) is 1.00. The van der Waals surface area contributed by atoms with Crippen LogP contribution in [0.5, 0.6) is 0 Å². The van der Waals surface area contributed by atoms with Crippen molar-refractivity contribution >= 4 is 22.9 Å². The minimum Gasteiger partial charge on any atom is -0.304 e. The Hall–Kier alpha value is 0.570. The van der Waals surface area contributed by atoms with Crippen molar-refractivity contribution in [2.75, 3.05) is 72.5 Å². The first kappa shape index (κ1) is 16.4. The standard InChI is InChI=1S/C16H31IN4/c1-18-10-12-20(13-11-18)15-14-19-6-2-16(3-7-19)4-8-21(17)9-5-16/h2-15H2,1H3. The quantitative estimate of drug-likeness (QED) is 0.523. The Labute approximate surface area is 144 Å². The zero-order chi connectivity index (χ0) is 14.7. The third-order valence-corrected chi connectivity index (χ3v) is 6.98. The first-order valence-electron chi connectivity index (χ1n) is 8.69. The second-order valence-electron chi connectivity index (χ2n) is 7.40. The number of hydrogen-bond acceptors (Lipinski definition) is 4. The predicted octanol–water partition coefficient (Wildman–Crippen LogP) is 1.76. The van der Waals surface area contributed by atoms with Gasteiger partial charge in [0.1, 0.15) is 0 Å². The molecule has 3 fully saturated rings. The molecule has 122 valence electrons. The summed E-state index contributed by atoms with van der Waals surface area (Å²) in [5, 5.41) is 0. The summed E-state index contributed by atoms with van der Waals surface area (Å²) >= 11 is 2.49. The minimum absolute atomic E-state index is 0.700. The van der Waals surface area contributed by atoms with Gasteiger partial charge in [0.15, 0.2) is 0 Å². The van der Waals surface area contributed by atoms with Gasteiger partial charge in [-0.25, -0.2) is 3.11 Å². The Balaban J connectivity index is 1.36. The summed E-state index contributed by atoms with van der Waals surface area (Å²) in [4.78, 5) is 7.82. The van der Waals surface area contributed by atoms with E-state index in [2.05, 4.69) is 47.7 Å². The molecule has 3 rings (SSSR count). The smallest absolute Gasteiger partial charge is 0.0201 e. The Kier molecular flexibility index (Phi) is 5.81. The first-order valence-corrected chi connectivity index (χ1v) is 9.66. The van der Waals surface area contributed by atoms with Crippen molar-refractivity contribution in [2.45, 2.75) is 25.7 Å². The van der Waals surface area contributed by atoms with Crippen LogP contribution in [0.3, 0.4) is 0 Å². The molecule has 3 aliphatic rings. The minimum atomic E-state index is 0.700. The molecular weight excluding hydrogens is 375 g/mol. The van der Waals surface area contributed by atoms with E-state index in [4.69, 9.17) is 0 Å².